The van der Waals surface area contributed by atoms with Gasteiger partial charge >= 0.3 is 11.9 Å². The highest BCUT2D eigenvalue weighted by molar-refractivity contribution is 9.10. The van der Waals surface area contributed by atoms with Crippen LogP contribution in [0.4, 0.5) is 0 Å². The van der Waals surface area contributed by atoms with Crippen molar-refractivity contribution in [3.63, 3.8) is 0 Å². The molecule has 2 aliphatic rings. The lowest BCUT2D eigenvalue weighted by atomic mass is 9.93. The van der Waals surface area contributed by atoms with E-state index in [9.17, 15) is 14.7 Å². The SMILES string of the molecule is COc1ccc2c(c1OC)C(=O)OC2c1cc(Br)c(O)c(C2OC(=O)c3ccccc32)c1. The largest absolute Gasteiger partial charge is 0.506 e. The van der Waals surface area contributed by atoms with E-state index in [1.54, 1.807) is 48.5 Å². The molecule has 3 aromatic rings. The third kappa shape index (κ3) is 2.94. The van der Waals surface area contributed by atoms with Gasteiger partial charge in [-0.1, -0.05) is 24.3 Å². The Labute approximate surface area is 191 Å². The molecule has 0 radical (unpaired) electrons. The van der Waals surface area contributed by atoms with E-state index in [1.165, 1.54) is 14.2 Å². The summed E-state index contributed by atoms with van der Waals surface area (Å²) in [6, 6.07) is 13.8. The summed E-state index contributed by atoms with van der Waals surface area (Å²) in [7, 11) is 2.95. The van der Waals surface area contributed by atoms with Crippen LogP contribution in [0.2, 0.25) is 0 Å². The van der Waals surface area contributed by atoms with Crippen molar-refractivity contribution < 1.29 is 33.6 Å². The summed E-state index contributed by atoms with van der Waals surface area (Å²) in [5, 5.41) is 10.8. The normalized spacial score (nSPS) is 18.6. The summed E-state index contributed by atoms with van der Waals surface area (Å²) in [6.45, 7) is 0. The number of hydrogen-bond acceptors (Lipinski definition) is 7. The van der Waals surface area contributed by atoms with Crippen molar-refractivity contribution in [2.24, 2.45) is 0 Å². The topological polar surface area (TPSA) is 91.3 Å². The molecule has 1 N–H and O–H groups in total. The highest BCUT2D eigenvalue weighted by Crippen LogP contribution is 2.48. The number of carbonyl (C=O) groups is 2. The average Bonchev–Trinajstić information content (AvgIpc) is 3.32. The number of aromatic hydroxyl groups is 1. The number of fused-ring (bicyclic) bond motifs is 2. The maximum Gasteiger partial charge on any atom is 0.343 e. The standard InChI is InChI=1S/C24H17BrO7/c1-29-17-8-7-14-18(22(17)30-2)24(28)31-20(14)11-9-15(19(26)16(25)10-11)21-12-5-3-4-6-13(12)23(27)32-21/h3-10,20-21,26H,1-2H3. The van der Waals surface area contributed by atoms with Crippen LogP contribution in [-0.2, 0) is 9.47 Å². The summed E-state index contributed by atoms with van der Waals surface area (Å²) >= 11 is 3.38. The third-order valence-corrected chi connectivity index (χ3v) is 6.28. The van der Waals surface area contributed by atoms with Crippen LogP contribution in [0.15, 0.2) is 53.0 Å². The van der Waals surface area contributed by atoms with E-state index in [-0.39, 0.29) is 5.75 Å². The van der Waals surface area contributed by atoms with Gasteiger partial charge in [-0.25, -0.2) is 9.59 Å². The second-order valence-corrected chi connectivity index (χ2v) is 8.22. The van der Waals surface area contributed by atoms with Crippen molar-refractivity contribution >= 4 is 27.9 Å². The fourth-order valence-corrected chi connectivity index (χ4v) is 4.71. The van der Waals surface area contributed by atoms with Crippen LogP contribution in [0.3, 0.4) is 0 Å². The van der Waals surface area contributed by atoms with Gasteiger partial charge in [0, 0.05) is 16.7 Å². The fourth-order valence-electron chi connectivity index (χ4n) is 4.22. The van der Waals surface area contributed by atoms with E-state index >= 15 is 0 Å². The molecular weight excluding hydrogens is 480 g/mol. The molecule has 0 spiro atoms. The third-order valence-electron chi connectivity index (χ3n) is 5.68. The Morgan fingerprint density at radius 3 is 2.38 bits per heavy atom. The molecule has 0 saturated heterocycles. The van der Waals surface area contributed by atoms with Crippen LogP contribution in [0.1, 0.15) is 55.2 Å². The monoisotopic (exact) mass is 496 g/mol. The average molecular weight is 497 g/mol. The highest BCUT2D eigenvalue weighted by Gasteiger charge is 2.39. The lowest BCUT2D eigenvalue weighted by molar-refractivity contribution is 0.0452. The van der Waals surface area contributed by atoms with Crippen LogP contribution >= 0.6 is 15.9 Å². The number of rotatable bonds is 4. The Hall–Kier alpha value is -3.52. The molecule has 32 heavy (non-hydrogen) atoms. The summed E-state index contributed by atoms with van der Waals surface area (Å²) < 4.78 is 22.3. The second kappa shape index (κ2) is 7.56. The second-order valence-electron chi connectivity index (χ2n) is 7.36. The quantitative estimate of drug-likeness (QED) is 0.523. The van der Waals surface area contributed by atoms with Crippen molar-refractivity contribution in [3.8, 4) is 17.2 Å². The van der Waals surface area contributed by atoms with Gasteiger partial charge in [0.15, 0.2) is 23.7 Å². The van der Waals surface area contributed by atoms with Crippen molar-refractivity contribution in [2.75, 3.05) is 14.2 Å². The predicted octanol–water partition coefficient (Wildman–Crippen LogP) is 4.69. The Kier molecular flexibility index (Phi) is 4.82. The Morgan fingerprint density at radius 1 is 0.875 bits per heavy atom. The Morgan fingerprint density at radius 2 is 1.62 bits per heavy atom. The maximum atomic E-state index is 12.7. The molecule has 0 aliphatic carbocycles. The van der Waals surface area contributed by atoms with Crippen molar-refractivity contribution in [1.82, 2.24) is 0 Å². The number of phenolic OH excluding ortho intramolecular Hbond substituents is 1. The smallest absolute Gasteiger partial charge is 0.343 e. The number of halogens is 1. The molecule has 0 saturated carbocycles. The molecule has 8 heteroatoms. The zero-order valence-corrected chi connectivity index (χ0v) is 18.6. The van der Waals surface area contributed by atoms with Gasteiger partial charge in [-0.05, 0) is 45.8 Å². The summed E-state index contributed by atoms with van der Waals surface area (Å²) in [5.41, 5.74) is 3.00. The zero-order valence-electron chi connectivity index (χ0n) is 17.0. The summed E-state index contributed by atoms with van der Waals surface area (Å²) in [4.78, 5) is 25.0. The maximum absolute atomic E-state index is 12.7. The van der Waals surface area contributed by atoms with E-state index in [1.807, 2.05) is 0 Å². The Bertz CT molecular complexity index is 1280. The summed E-state index contributed by atoms with van der Waals surface area (Å²) in [6.07, 6.45) is -1.52. The molecule has 5 rings (SSSR count). The fraction of sp³-hybridized carbons (Fsp3) is 0.167. The molecule has 7 nitrogen and oxygen atoms in total. The number of carbonyl (C=O) groups excluding carboxylic acids is 2. The lowest BCUT2D eigenvalue weighted by Crippen LogP contribution is -2.06. The van der Waals surface area contributed by atoms with Gasteiger partial charge in [-0.3, -0.25) is 0 Å². The molecule has 2 unspecified atom stereocenters. The van der Waals surface area contributed by atoms with Gasteiger partial charge < -0.3 is 24.1 Å². The number of ether oxygens (including phenoxy) is 4. The molecule has 2 aliphatic heterocycles. The Balaban J connectivity index is 1.64. The number of esters is 2. The van der Waals surface area contributed by atoms with Gasteiger partial charge in [-0.15, -0.1) is 0 Å². The first-order valence-corrected chi connectivity index (χ1v) is 10.5. The van der Waals surface area contributed by atoms with E-state index in [0.717, 1.165) is 0 Å². The molecule has 2 heterocycles. The minimum Gasteiger partial charge on any atom is -0.506 e. The van der Waals surface area contributed by atoms with Gasteiger partial charge in [0.05, 0.1) is 24.3 Å². The molecule has 3 aromatic carbocycles. The van der Waals surface area contributed by atoms with Crippen LogP contribution < -0.4 is 9.47 Å². The highest BCUT2D eigenvalue weighted by atomic mass is 79.9. The number of phenols is 1. The molecule has 0 bridgehead atoms. The minimum atomic E-state index is -0.781. The molecule has 162 valence electrons. The van der Waals surface area contributed by atoms with E-state index < -0.39 is 24.1 Å². The van der Waals surface area contributed by atoms with E-state index in [4.69, 9.17) is 18.9 Å². The van der Waals surface area contributed by atoms with Crippen LogP contribution in [0, 0.1) is 0 Å². The first-order valence-electron chi connectivity index (χ1n) is 9.72. The number of hydrogen-bond donors (Lipinski definition) is 1. The lowest BCUT2D eigenvalue weighted by Gasteiger charge is -2.18. The first-order chi connectivity index (χ1) is 15.4. The number of cyclic esters (lactones) is 2. The van der Waals surface area contributed by atoms with Crippen LogP contribution in [-0.4, -0.2) is 31.3 Å². The van der Waals surface area contributed by atoms with E-state index in [2.05, 4.69) is 15.9 Å². The van der Waals surface area contributed by atoms with Gasteiger partial charge in [0.25, 0.3) is 0 Å². The van der Waals surface area contributed by atoms with Crippen molar-refractivity contribution in [1.29, 1.82) is 0 Å². The van der Waals surface area contributed by atoms with Crippen LogP contribution in [0.5, 0.6) is 17.2 Å². The van der Waals surface area contributed by atoms with Crippen LogP contribution in [0.25, 0.3) is 0 Å². The summed E-state index contributed by atoms with van der Waals surface area (Å²) in [5.74, 6) is -0.328. The number of benzene rings is 3. The van der Waals surface area contributed by atoms with Gasteiger partial charge in [0.1, 0.15) is 11.3 Å². The van der Waals surface area contributed by atoms with Crippen molar-refractivity contribution in [3.05, 3.63) is 86.4 Å². The van der Waals surface area contributed by atoms with Crippen molar-refractivity contribution in [2.45, 2.75) is 12.2 Å². The molecule has 2 atom stereocenters. The molecule has 0 amide bonds. The zero-order chi connectivity index (χ0) is 22.6. The van der Waals surface area contributed by atoms with Gasteiger partial charge in [-0.2, -0.15) is 0 Å². The molecular formula is C24H17BrO7. The first kappa shape index (κ1) is 20.4. The predicted molar refractivity (Wildman–Crippen MR) is 116 cm³/mol. The van der Waals surface area contributed by atoms with E-state index in [0.29, 0.717) is 49.4 Å². The van der Waals surface area contributed by atoms with Gasteiger partial charge in [0.2, 0.25) is 0 Å². The molecule has 0 aromatic heterocycles. The number of methoxy groups -OCH3 is 2. The molecule has 0 fully saturated rings. The minimum absolute atomic E-state index is 0.0555.